The first-order chi connectivity index (χ1) is 7.95. The fraction of sp³-hybridized carbons (Fsp3) is 0.750. The van der Waals surface area contributed by atoms with Crippen LogP contribution in [0.4, 0.5) is 0 Å². The van der Waals surface area contributed by atoms with E-state index in [4.69, 9.17) is 0 Å². The van der Waals surface area contributed by atoms with Gasteiger partial charge in [0.1, 0.15) is 0 Å². The summed E-state index contributed by atoms with van der Waals surface area (Å²) in [5.41, 5.74) is 2.30. The van der Waals surface area contributed by atoms with E-state index in [1.807, 2.05) is 6.92 Å². The Labute approximate surface area is 121 Å². The fourth-order valence-electron chi connectivity index (χ4n) is 1.88. The van der Waals surface area contributed by atoms with Crippen LogP contribution in [0.3, 0.4) is 0 Å². The second-order valence-corrected chi connectivity index (χ2v) is 6.82. The van der Waals surface area contributed by atoms with Crippen LogP contribution < -0.4 is 5.32 Å². The number of alkyl halides is 1. The zero-order valence-electron chi connectivity index (χ0n) is 10.9. The van der Waals surface area contributed by atoms with Gasteiger partial charge in [0.15, 0.2) is 0 Å². The highest BCUT2D eigenvalue weighted by atomic mass is 79.9. The first kappa shape index (κ1) is 15.2. The fourth-order valence-corrected chi connectivity index (χ4v) is 2.86. The number of rotatable bonds is 6. The summed E-state index contributed by atoms with van der Waals surface area (Å²) in [6.07, 6.45) is 1.12. The third-order valence-electron chi connectivity index (χ3n) is 2.75. The summed E-state index contributed by atoms with van der Waals surface area (Å²) < 4.78 is 3.18. The number of hydrogen-bond donors (Lipinski definition) is 1. The Hall–Kier alpha value is 0.130. The molecule has 0 saturated carbocycles. The van der Waals surface area contributed by atoms with Crippen molar-refractivity contribution in [2.75, 3.05) is 0 Å². The molecule has 98 valence electrons. The molecule has 0 fully saturated rings. The minimum Gasteiger partial charge on any atom is -0.309 e. The molecule has 1 rings (SSSR count). The summed E-state index contributed by atoms with van der Waals surface area (Å²) in [5, 5.41) is 8.03. The van der Waals surface area contributed by atoms with E-state index in [1.54, 1.807) is 0 Å². The van der Waals surface area contributed by atoms with E-state index in [1.165, 1.54) is 5.69 Å². The van der Waals surface area contributed by atoms with Crippen molar-refractivity contribution >= 4 is 31.9 Å². The van der Waals surface area contributed by atoms with Crippen LogP contribution in [0, 0.1) is 6.92 Å². The van der Waals surface area contributed by atoms with Crippen LogP contribution in [0.5, 0.6) is 0 Å². The molecule has 1 aromatic heterocycles. The van der Waals surface area contributed by atoms with Crippen LogP contribution in [0.2, 0.25) is 0 Å². The van der Waals surface area contributed by atoms with Crippen molar-refractivity contribution in [2.45, 2.75) is 58.1 Å². The van der Waals surface area contributed by atoms with Crippen LogP contribution in [-0.2, 0) is 13.1 Å². The number of halogens is 2. The van der Waals surface area contributed by atoms with E-state index in [0.29, 0.717) is 10.9 Å². The molecule has 0 aliphatic rings. The van der Waals surface area contributed by atoms with Crippen molar-refractivity contribution < 1.29 is 0 Å². The summed E-state index contributed by atoms with van der Waals surface area (Å²) >= 11 is 7.19. The molecule has 0 radical (unpaired) electrons. The van der Waals surface area contributed by atoms with Gasteiger partial charge >= 0.3 is 0 Å². The monoisotopic (exact) mass is 365 g/mol. The van der Waals surface area contributed by atoms with Gasteiger partial charge in [0.05, 0.1) is 15.9 Å². The van der Waals surface area contributed by atoms with Gasteiger partial charge in [-0.1, -0.05) is 22.9 Å². The molecule has 2 atom stereocenters. The van der Waals surface area contributed by atoms with E-state index in [9.17, 15) is 0 Å². The Bertz CT molecular complexity index is 361. The standard InChI is InChI=1S/C12H21Br2N3/c1-5-17-11(12(14)10(4)16-17)7-15-9(3)6-8(2)13/h8-9,15H,5-7H2,1-4H3. The van der Waals surface area contributed by atoms with Gasteiger partial charge < -0.3 is 5.32 Å². The van der Waals surface area contributed by atoms with E-state index in [0.717, 1.165) is 29.7 Å². The van der Waals surface area contributed by atoms with Gasteiger partial charge in [-0.3, -0.25) is 4.68 Å². The third kappa shape index (κ3) is 4.38. The third-order valence-corrected chi connectivity index (χ3v) is 4.15. The van der Waals surface area contributed by atoms with Gasteiger partial charge in [0, 0.05) is 24.0 Å². The maximum absolute atomic E-state index is 4.49. The molecular formula is C12H21Br2N3. The Morgan fingerprint density at radius 1 is 1.41 bits per heavy atom. The van der Waals surface area contributed by atoms with E-state index >= 15 is 0 Å². The molecule has 0 amide bonds. The molecule has 2 unspecified atom stereocenters. The number of aromatic nitrogens is 2. The second-order valence-electron chi connectivity index (χ2n) is 4.46. The molecule has 0 aliphatic heterocycles. The smallest absolute Gasteiger partial charge is 0.0739 e. The van der Waals surface area contributed by atoms with Crippen molar-refractivity contribution in [1.82, 2.24) is 15.1 Å². The highest BCUT2D eigenvalue weighted by molar-refractivity contribution is 9.10. The van der Waals surface area contributed by atoms with Crippen LogP contribution in [0.25, 0.3) is 0 Å². The molecule has 0 aromatic carbocycles. The summed E-state index contributed by atoms with van der Waals surface area (Å²) in [6, 6.07) is 0.497. The van der Waals surface area contributed by atoms with Gasteiger partial charge in [-0.2, -0.15) is 5.10 Å². The Morgan fingerprint density at radius 3 is 2.59 bits per heavy atom. The molecular weight excluding hydrogens is 346 g/mol. The lowest BCUT2D eigenvalue weighted by molar-refractivity contribution is 0.492. The Morgan fingerprint density at radius 2 is 2.06 bits per heavy atom. The quantitative estimate of drug-likeness (QED) is 0.779. The van der Waals surface area contributed by atoms with Crippen molar-refractivity contribution in [3.63, 3.8) is 0 Å². The summed E-state index contributed by atoms with van der Waals surface area (Å²) in [7, 11) is 0. The number of hydrogen-bond acceptors (Lipinski definition) is 2. The van der Waals surface area contributed by atoms with Crippen molar-refractivity contribution in [3.05, 3.63) is 15.9 Å². The predicted molar refractivity (Wildman–Crippen MR) is 79.6 cm³/mol. The van der Waals surface area contributed by atoms with Gasteiger partial charge in [-0.25, -0.2) is 0 Å². The van der Waals surface area contributed by atoms with Gasteiger partial charge in [-0.05, 0) is 43.1 Å². The Balaban J connectivity index is 2.62. The lowest BCUT2D eigenvalue weighted by atomic mass is 10.2. The van der Waals surface area contributed by atoms with Crippen LogP contribution in [0.1, 0.15) is 38.6 Å². The minimum atomic E-state index is 0.497. The average Bonchev–Trinajstić information content (AvgIpc) is 2.51. The predicted octanol–water partition coefficient (Wildman–Crippen LogP) is 3.63. The average molecular weight is 367 g/mol. The second kappa shape index (κ2) is 6.90. The van der Waals surface area contributed by atoms with Gasteiger partial charge in [0.2, 0.25) is 0 Å². The SMILES string of the molecule is CCn1nc(C)c(Br)c1CNC(C)CC(C)Br. The number of aryl methyl sites for hydroxylation is 2. The molecule has 3 nitrogen and oxygen atoms in total. The molecule has 0 saturated heterocycles. The molecule has 0 bridgehead atoms. The zero-order chi connectivity index (χ0) is 13.0. The largest absolute Gasteiger partial charge is 0.309 e. The first-order valence-corrected chi connectivity index (χ1v) is 7.75. The van der Waals surface area contributed by atoms with Crippen molar-refractivity contribution in [3.8, 4) is 0 Å². The van der Waals surface area contributed by atoms with Crippen LogP contribution >= 0.6 is 31.9 Å². The molecule has 1 aromatic rings. The minimum absolute atomic E-state index is 0.497. The normalized spacial score (nSPS) is 14.9. The molecule has 0 spiro atoms. The van der Waals surface area contributed by atoms with Crippen LogP contribution in [-0.4, -0.2) is 20.6 Å². The lowest BCUT2D eigenvalue weighted by Gasteiger charge is -2.15. The highest BCUT2D eigenvalue weighted by Crippen LogP contribution is 2.21. The summed E-state index contributed by atoms with van der Waals surface area (Å²) in [4.78, 5) is 0.547. The van der Waals surface area contributed by atoms with Crippen LogP contribution in [0.15, 0.2) is 4.47 Å². The highest BCUT2D eigenvalue weighted by Gasteiger charge is 2.13. The number of nitrogens with zero attached hydrogens (tertiary/aromatic N) is 2. The van der Waals surface area contributed by atoms with Gasteiger partial charge in [-0.15, -0.1) is 0 Å². The molecule has 0 aliphatic carbocycles. The maximum Gasteiger partial charge on any atom is 0.0739 e. The van der Waals surface area contributed by atoms with E-state index in [-0.39, 0.29) is 0 Å². The maximum atomic E-state index is 4.49. The van der Waals surface area contributed by atoms with E-state index < -0.39 is 0 Å². The van der Waals surface area contributed by atoms with Crippen molar-refractivity contribution in [1.29, 1.82) is 0 Å². The summed E-state index contributed by atoms with van der Waals surface area (Å²) in [5.74, 6) is 0. The molecule has 1 heterocycles. The molecule has 5 heteroatoms. The first-order valence-electron chi connectivity index (χ1n) is 6.04. The number of nitrogens with one attached hydrogen (secondary N) is 1. The molecule has 17 heavy (non-hydrogen) atoms. The lowest BCUT2D eigenvalue weighted by Crippen LogP contribution is -2.28. The topological polar surface area (TPSA) is 29.9 Å². The van der Waals surface area contributed by atoms with Crippen molar-refractivity contribution in [2.24, 2.45) is 0 Å². The summed E-state index contributed by atoms with van der Waals surface area (Å²) in [6.45, 7) is 10.3. The molecule has 1 N–H and O–H groups in total. The van der Waals surface area contributed by atoms with E-state index in [2.05, 4.69) is 67.7 Å². The Kier molecular flexibility index (Phi) is 6.17. The van der Waals surface area contributed by atoms with Gasteiger partial charge in [0.25, 0.3) is 0 Å². The zero-order valence-corrected chi connectivity index (χ0v) is 14.1.